The number of aldehydes is 1. The van der Waals surface area contributed by atoms with Crippen LogP contribution in [-0.4, -0.2) is 23.3 Å². The number of carbonyl (C=O) groups is 1. The molecule has 0 aliphatic heterocycles. The van der Waals surface area contributed by atoms with Crippen molar-refractivity contribution in [3.8, 4) is 23.0 Å². The molecule has 0 atom stereocenters. The number of benzene rings is 2. The molecule has 0 saturated heterocycles. The molecule has 104 valence electrons. The molecular formula is C14H11ClO5. The van der Waals surface area contributed by atoms with Crippen LogP contribution in [0.5, 0.6) is 23.0 Å². The fraction of sp³-hybridized carbons (Fsp3) is 0.0714. The molecule has 0 aliphatic carbocycles. The first-order valence-electron chi connectivity index (χ1n) is 5.62. The maximum atomic E-state index is 10.8. The van der Waals surface area contributed by atoms with Gasteiger partial charge in [-0.25, -0.2) is 0 Å². The maximum Gasteiger partial charge on any atom is 0.230 e. The Kier molecular flexibility index (Phi) is 4.32. The second-order valence-electron chi connectivity index (χ2n) is 3.86. The maximum absolute atomic E-state index is 10.8. The molecule has 0 saturated carbocycles. The zero-order valence-corrected chi connectivity index (χ0v) is 11.0. The fourth-order valence-electron chi connectivity index (χ4n) is 1.50. The van der Waals surface area contributed by atoms with Crippen LogP contribution in [0.25, 0.3) is 0 Å². The zero-order valence-electron chi connectivity index (χ0n) is 10.2. The van der Waals surface area contributed by atoms with Crippen LogP contribution in [0.15, 0.2) is 36.4 Å². The summed E-state index contributed by atoms with van der Waals surface area (Å²) in [5.74, 6) is 0.648. The van der Waals surface area contributed by atoms with Gasteiger partial charge in [-0.1, -0.05) is 11.6 Å². The predicted octanol–water partition coefficient (Wildman–Crippen LogP) is 2.98. The molecule has 2 aromatic rings. The van der Waals surface area contributed by atoms with Crippen LogP contribution in [0.3, 0.4) is 0 Å². The largest absolute Gasteiger partial charge is 0.508 e. The van der Waals surface area contributed by atoms with Crippen molar-refractivity contribution in [1.29, 1.82) is 0 Å². The van der Waals surface area contributed by atoms with Crippen LogP contribution >= 0.6 is 11.6 Å². The first kappa shape index (κ1) is 14.0. The van der Waals surface area contributed by atoms with Gasteiger partial charge < -0.3 is 19.7 Å². The van der Waals surface area contributed by atoms with E-state index in [0.717, 1.165) is 0 Å². The van der Waals surface area contributed by atoms with Gasteiger partial charge in [0.25, 0.3) is 0 Å². The fourth-order valence-corrected chi connectivity index (χ4v) is 1.67. The molecule has 5 nitrogen and oxygen atoms in total. The van der Waals surface area contributed by atoms with Crippen LogP contribution in [0.4, 0.5) is 0 Å². The summed E-state index contributed by atoms with van der Waals surface area (Å²) in [6.07, 6.45) is 0.576. The van der Waals surface area contributed by atoms with E-state index in [0.29, 0.717) is 17.8 Å². The van der Waals surface area contributed by atoms with E-state index in [1.54, 1.807) is 0 Å². The first-order chi connectivity index (χ1) is 9.60. The first-order valence-corrected chi connectivity index (χ1v) is 6.00. The van der Waals surface area contributed by atoms with Gasteiger partial charge >= 0.3 is 0 Å². The van der Waals surface area contributed by atoms with E-state index >= 15 is 0 Å². The van der Waals surface area contributed by atoms with Crippen molar-refractivity contribution in [1.82, 2.24) is 0 Å². The molecule has 0 radical (unpaired) electrons. The van der Waals surface area contributed by atoms with Gasteiger partial charge in [0.2, 0.25) is 6.79 Å². The number of phenolic OH excluding ortho intramolecular Hbond substituents is 2. The summed E-state index contributed by atoms with van der Waals surface area (Å²) in [4.78, 5) is 10.8. The van der Waals surface area contributed by atoms with Crippen LogP contribution in [-0.2, 0) is 0 Å². The standard InChI is InChI=1S/C14H11ClO5/c15-12-6-11(2-3-13(12)18)19-8-20-14-4-1-10(17)5-9(14)7-16/h1-7,17-18H,8H2. The van der Waals surface area contributed by atoms with E-state index in [4.69, 9.17) is 21.1 Å². The molecule has 20 heavy (non-hydrogen) atoms. The van der Waals surface area contributed by atoms with Crippen LogP contribution < -0.4 is 9.47 Å². The quantitative estimate of drug-likeness (QED) is 0.655. The summed E-state index contributed by atoms with van der Waals surface area (Å²) in [6.45, 7) is -0.146. The molecule has 0 aromatic heterocycles. The van der Waals surface area contributed by atoms with E-state index in [1.165, 1.54) is 36.4 Å². The van der Waals surface area contributed by atoms with Gasteiger partial charge in [0.15, 0.2) is 6.29 Å². The van der Waals surface area contributed by atoms with Crippen molar-refractivity contribution in [2.24, 2.45) is 0 Å². The van der Waals surface area contributed by atoms with Gasteiger partial charge in [-0.2, -0.15) is 0 Å². The molecule has 0 aliphatic rings. The highest BCUT2D eigenvalue weighted by atomic mass is 35.5. The Balaban J connectivity index is 1.99. The molecule has 2 N–H and O–H groups in total. The number of hydrogen-bond acceptors (Lipinski definition) is 5. The number of ether oxygens (including phenoxy) is 2. The van der Waals surface area contributed by atoms with Crippen molar-refractivity contribution in [2.75, 3.05) is 6.79 Å². The lowest BCUT2D eigenvalue weighted by molar-refractivity contribution is 0.108. The van der Waals surface area contributed by atoms with Crippen molar-refractivity contribution in [3.05, 3.63) is 47.0 Å². The Labute approximate surface area is 119 Å². The van der Waals surface area contributed by atoms with E-state index in [-0.39, 0.29) is 28.9 Å². The number of phenols is 2. The van der Waals surface area contributed by atoms with Gasteiger partial charge in [0.1, 0.15) is 23.0 Å². The van der Waals surface area contributed by atoms with Crippen LogP contribution in [0.2, 0.25) is 5.02 Å². The Hall–Kier alpha value is -2.40. The smallest absolute Gasteiger partial charge is 0.230 e. The number of aromatic hydroxyl groups is 2. The molecular weight excluding hydrogens is 284 g/mol. The molecule has 2 rings (SSSR count). The van der Waals surface area contributed by atoms with Crippen molar-refractivity contribution in [3.63, 3.8) is 0 Å². The highest BCUT2D eigenvalue weighted by molar-refractivity contribution is 6.32. The third-order valence-electron chi connectivity index (χ3n) is 2.48. The van der Waals surface area contributed by atoms with E-state index in [1.807, 2.05) is 0 Å². The molecule has 0 heterocycles. The number of rotatable bonds is 5. The minimum absolute atomic E-state index is 0.0225. The average molecular weight is 295 g/mol. The molecule has 0 unspecified atom stereocenters. The van der Waals surface area contributed by atoms with Crippen molar-refractivity contribution in [2.45, 2.75) is 0 Å². The van der Waals surface area contributed by atoms with Crippen molar-refractivity contribution >= 4 is 17.9 Å². The summed E-state index contributed by atoms with van der Waals surface area (Å²) in [5.41, 5.74) is 0.220. The normalized spacial score (nSPS) is 10.1. The average Bonchev–Trinajstić information content (AvgIpc) is 2.44. The summed E-state index contributed by atoms with van der Waals surface area (Å²) in [6, 6.07) is 8.53. The van der Waals surface area contributed by atoms with Gasteiger partial charge in [-0.15, -0.1) is 0 Å². The Morgan fingerprint density at radius 1 is 1.10 bits per heavy atom. The third kappa shape index (κ3) is 3.33. The second-order valence-corrected chi connectivity index (χ2v) is 4.27. The Morgan fingerprint density at radius 2 is 1.90 bits per heavy atom. The molecule has 0 amide bonds. The number of carbonyl (C=O) groups excluding carboxylic acids is 1. The van der Waals surface area contributed by atoms with Crippen molar-refractivity contribution < 1.29 is 24.5 Å². The minimum atomic E-state index is -0.146. The summed E-state index contributed by atoms with van der Waals surface area (Å²) >= 11 is 5.73. The highest BCUT2D eigenvalue weighted by Crippen LogP contribution is 2.27. The topological polar surface area (TPSA) is 76.0 Å². The lowest BCUT2D eigenvalue weighted by Gasteiger charge is -2.10. The monoisotopic (exact) mass is 294 g/mol. The highest BCUT2D eigenvalue weighted by Gasteiger charge is 2.05. The van der Waals surface area contributed by atoms with E-state index in [2.05, 4.69) is 0 Å². The van der Waals surface area contributed by atoms with Gasteiger partial charge in [0.05, 0.1) is 10.6 Å². The molecule has 2 aromatic carbocycles. The SMILES string of the molecule is O=Cc1cc(O)ccc1OCOc1ccc(O)c(Cl)c1. The lowest BCUT2D eigenvalue weighted by Crippen LogP contribution is -2.07. The number of hydrogen-bond donors (Lipinski definition) is 2. The third-order valence-corrected chi connectivity index (χ3v) is 2.78. The Morgan fingerprint density at radius 3 is 2.60 bits per heavy atom. The van der Waals surface area contributed by atoms with Gasteiger partial charge in [-0.3, -0.25) is 4.79 Å². The molecule has 0 spiro atoms. The number of halogens is 1. The molecule has 0 bridgehead atoms. The van der Waals surface area contributed by atoms with Gasteiger partial charge in [0, 0.05) is 6.07 Å². The lowest BCUT2D eigenvalue weighted by atomic mass is 10.2. The minimum Gasteiger partial charge on any atom is -0.508 e. The van der Waals surface area contributed by atoms with Gasteiger partial charge in [-0.05, 0) is 30.3 Å². The molecule has 6 heteroatoms. The molecule has 0 fully saturated rings. The predicted molar refractivity (Wildman–Crippen MR) is 72.7 cm³/mol. The summed E-state index contributed by atoms with van der Waals surface area (Å²) in [5, 5.41) is 18.7. The van der Waals surface area contributed by atoms with E-state index in [9.17, 15) is 15.0 Å². The second kappa shape index (κ2) is 6.16. The van der Waals surface area contributed by atoms with E-state index < -0.39 is 0 Å². The van der Waals surface area contributed by atoms with Crippen LogP contribution in [0.1, 0.15) is 10.4 Å². The summed E-state index contributed by atoms with van der Waals surface area (Å²) < 4.78 is 10.6. The van der Waals surface area contributed by atoms with Crippen LogP contribution in [0, 0.1) is 0 Å². The summed E-state index contributed by atoms with van der Waals surface area (Å²) in [7, 11) is 0. The Bertz CT molecular complexity index is 627. The zero-order chi connectivity index (χ0) is 14.5.